The van der Waals surface area contributed by atoms with E-state index < -0.39 is 12.6 Å². The fourth-order valence-electron chi connectivity index (χ4n) is 4.08. The molecule has 0 bridgehead atoms. The lowest BCUT2D eigenvalue weighted by atomic mass is 9.88. The average Bonchev–Trinajstić information content (AvgIpc) is 3.19. The van der Waals surface area contributed by atoms with Crippen LogP contribution in [-0.4, -0.2) is 54.4 Å². The first-order valence-electron chi connectivity index (χ1n) is 9.86. The van der Waals surface area contributed by atoms with Crippen LogP contribution in [0.3, 0.4) is 0 Å². The molecule has 1 atom stereocenters. The van der Waals surface area contributed by atoms with Crippen LogP contribution >= 0.6 is 11.8 Å². The number of nitrogens with zero attached hydrogens (tertiary/aromatic N) is 2. The Morgan fingerprint density at radius 1 is 1.22 bits per heavy atom. The minimum absolute atomic E-state index is 0.178. The molecule has 27 heavy (non-hydrogen) atoms. The molecule has 1 N–H and O–H groups in total. The number of thioether (sulfide) groups is 1. The van der Waals surface area contributed by atoms with Gasteiger partial charge in [0.25, 0.3) is 0 Å². The van der Waals surface area contributed by atoms with Crippen molar-refractivity contribution in [1.29, 1.82) is 0 Å². The minimum atomic E-state index is -0.652. The number of amides is 1. The molecule has 7 heteroatoms. The number of hydrogen-bond acceptors (Lipinski definition) is 5. The van der Waals surface area contributed by atoms with Crippen molar-refractivity contribution in [3.8, 4) is 0 Å². The first-order valence-corrected chi connectivity index (χ1v) is 10.9. The van der Waals surface area contributed by atoms with Crippen molar-refractivity contribution < 1.29 is 13.9 Å². The van der Waals surface area contributed by atoms with Crippen LogP contribution < -0.4 is 5.32 Å². The lowest BCUT2D eigenvalue weighted by molar-refractivity contribution is -0.121. The van der Waals surface area contributed by atoms with E-state index in [-0.39, 0.29) is 5.91 Å². The summed E-state index contributed by atoms with van der Waals surface area (Å²) in [5, 5.41) is 3.42. The van der Waals surface area contributed by atoms with Gasteiger partial charge in [0.15, 0.2) is 0 Å². The number of carbonyl (C=O) groups excluding carboxylic acids is 1. The second kappa shape index (κ2) is 8.69. The topological polar surface area (TPSA) is 63.0 Å². The van der Waals surface area contributed by atoms with Crippen molar-refractivity contribution >= 4 is 29.2 Å². The summed E-state index contributed by atoms with van der Waals surface area (Å²) in [6.45, 7) is 0.950. The van der Waals surface area contributed by atoms with Gasteiger partial charge in [0, 0.05) is 18.5 Å². The molecule has 2 aliphatic carbocycles. The van der Waals surface area contributed by atoms with E-state index >= 15 is 0 Å². The maximum Gasteiger partial charge on any atom is 0.238 e. The molecule has 146 valence electrons. The fraction of sp³-hybridized carbons (Fsp3) is 0.650. The average molecular weight is 392 g/mol. The van der Waals surface area contributed by atoms with Gasteiger partial charge in [0.05, 0.1) is 23.2 Å². The molecule has 1 unspecified atom stereocenters. The largest absolute Gasteiger partial charge is 0.381 e. The van der Waals surface area contributed by atoms with Gasteiger partial charge in [-0.25, -0.2) is 9.38 Å². The van der Waals surface area contributed by atoms with Crippen LogP contribution in [-0.2, 0) is 9.53 Å². The standard InChI is InChI=1S/C20H26FN3O2S/c21-11-13-9-15(22-14-3-1-2-4-14)10-17-19(13)20(25)24-18(23-17)12-27-16-5-7-26-8-6-16/h9-10,14,16,19H,1-8,11-12H2,(H,23,24,25). The third-order valence-corrected chi connectivity index (χ3v) is 6.91. The number of halogens is 1. The van der Waals surface area contributed by atoms with Crippen molar-refractivity contribution in [2.24, 2.45) is 15.9 Å². The molecule has 2 aliphatic heterocycles. The van der Waals surface area contributed by atoms with E-state index in [0.29, 0.717) is 34.2 Å². The normalized spacial score (nSPS) is 28.5. The van der Waals surface area contributed by atoms with Gasteiger partial charge < -0.3 is 10.1 Å². The summed E-state index contributed by atoms with van der Waals surface area (Å²) in [6, 6.07) is 0.315. The zero-order valence-electron chi connectivity index (χ0n) is 15.5. The van der Waals surface area contributed by atoms with Crippen LogP contribution in [0.2, 0.25) is 0 Å². The van der Waals surface area contributed by atoms with E-state index in [4.69, 9.17) is 9.73 Å². The van der Waals surface area contributed by atoms with Crippen LogP contribution in [0.25, 0.3) is 0 Å². The summed E-state index contributed by atoms with van der Waals surface area (Å²) in [4.78, 5) is 22.0. The van der Waals surface area contributed by atoms with E-state index in [0.717, 1.165) is 44.6 Å². The van der Waals surface area contributed by atoms with Gasteiger partial charge in [0.1, 0.15) is 18.4 Å². The quantitative estimate of drug-likeness (QED) is 0.783. The molecule has 4 aliphatic rings. The number of ether oxygens (including phenoxy) is 1. The zero-order valence-corrected chi connectivity index (χ0v) is 16.3. The van der Waals surface area contributed by atoms with Crippen molar-refractivity contribution in [2.45, 2.75) is 49.8 Å². The minimum Gasteiger partial charge on any atom is -0.381 e. The van der Waals surface area contributed by atoms with E-state index in [2.05, 4.69) is 10.3 Å². The summed E-state index contributed by atoms with van der Waals surface area (Å²) >= 11 is 1.81. The van der Waals surface area contributed by atoms with Gasteiger partial charge in [-0.3, -0.25) is 9.79 Å². The number of hydrogen-bond donors (Lipinski definition) is 1. The summed E-state index contributed by atoms with van der Waals surface area (Å²) < 4.78 is 19.0. The maximum absolute atomic E-state index is 13.6. The van der Waals surface area contributed by atoms with Crippen LogP contribution in [0.4, 0.5) is 4.39 Å². The fourth-order valence-corrected chi connectivity index (χ4v) is 5.14. The number of nitrogens with one attached hydrogen (secondary N) is 1. The lowest BCUT2D eigenvalue weighted by Gasteiger charge is -2.28. The van der Waals surface area contributed by atoms with Crippen molar-refractivity contribution in [3.63, 3.8) is 0 Å². The van der Waals surface area contributed by atoms with Gasteiger partial charge in [-0.05, 0) is 43.4 Å². The molecule has 5 nitrogen and oxygen atoms in total. The van der Waals surface area contributed by atoms with Crippen molar-refractivity contribution in [1.82, 2.24) is 5.32 Å². The first-order chi connectivity index (χ1) is 13.2. The van der Waals surface area contributed by atoms with E-state index in [1.807, 2.05) is 17.8 Å². The molecule has 2 fully saturated rings. The highest BCUT2D eigenvalue weighted by Gasteiger charge is 2.34. The number of carbonyl (C=O) groups is 1. The Labute approximate surface area is 163 Å². The van der Waals surface area contributed by atoms with Gasteiger partial charge in [-0.15, -0.1) is 0 Å². The highest BCUT2D eigenvalue weighted by molar-refractivity contribution is 8.00. The van der Waals surface area contributed by atoms with Crippen molar-refractivity contribution in [2.75, 3.05) is 25.6 Å². The Kier molecular flexibility index (Phi) is 6.08. The molecule has 0 radical (unpaired) electrons. The van der Waals surface area contributed by atoms with Crippen LogP contribution in [0.15, 0.2) is 33.4 Å². The maximum atomic E-state index is 13.6. The number of allylic oxidation sites excluding steroid dienone is 2. The molecular weight excluding hydrogens is 365 g/mol. The summed E-state index contributed by atoms with van der Waals surface area (Å²) in [6.07, 6.45) is 10.3. The number of fused-ring (bicyclic) bond motifs is 1. The number of alkyl halides is 1. The lowest BCUT2D eigenvalue weighted by Crippen LogP contribution is -2.44. The number of aliphatic imine (C=N–C) groups is 2. The first kappa shape index (κ1) is 18.9. The van der Waals surface area contributed by atoms with Gasteiger partial charge in [-0.1, -0.05) is 12.8 Å². The number of rotatable bonds is 5. The summed E-state index contributed by atoms with van der Waals surface area (Å²) in [5.41, 5.74) is 1.85. The zero-order chi connectivity index (χ0) is 18.6. The Morgan fingerprint density at radius 2 is 2.00 bits per heavy atom. The van der Waals surface area contributed by atoms with E-state index in [1.54, 1.807) is 6.08 Å². The molecule has 4 rings (SSSR count). The predicted octanol–water partition coefficient (Wildman–Crippen LogP) is 3.22. The van der Waals surface area contributed by atoms with E-state index in [1.165, 1.54) is 12.8 Å². The summed E-state index contributed by atoms with van der Waals surface area (Å²) in [5.74, 6) is 0.529. The van der Waals surface area contributed by atoms with Gasteiger partial charge in [0.2, 0.25) is 5.91 Å². The smallest absolute Gasteiger partial charge is 0.238 e. The molecule has 2 heterocycles. The van der Waals surface area contributed by atoms with Crippen LogP contribution in [0, 0.1) is 5.92 Å². The molecule has 0 aromatic carbocycles. The predicted molar refractivity (Wildman–Crippen MR) is 107 cm³/mol. The molecule has 0 spiro atoms. The molecule has 1 amide bonds. The summed E-state index contributed by atoms with van der Waals surface area (Å²) in [7, 11) is 0. The third kappa shape index (κ3) is 4.51. The molecule has 1 saturated carbocycles. The molecule has 0 aromatic rings. The highest BCUT2D eigenvalue weighted by atomic mass is 32.2. The number of amidine groups is 1. The Hall–Kier alpha value is -1.47. The second-order valence-electron chi connectivity index (χ2n) is 7.52. The van der Waals surface area contributed by atoms with Crippen LogP contribution in [0.1, 0.15) is 38.5 Å². The SMILES string of the molecule is O=C1NC(CSC2CCOCC2)=NC2=CC(=NC3CCCC3)C=C(CF)C12. The highest BCUT2D eigenvalue weighted by Crippen LogP contribution is 2.31. The Morgan fingerprint density at radius 3 is 2.74 bits per heavy atom. The Bertz CT molecular complexity index is 704. The molecular formula is C20H26FN3O2S. The Balaban J connectivity index is 1.51. The monoisotopic (exact) mass is 391 g/mol. The molecule has 0 aromatic heterocycles. The van der Waals surface area contributed by atoms with Crippen LogP contribution in [0.5, 0.6) is 0 Å². The van der Waals surface area contributed by atoms with Gasteiger partial charge >= 0.3 is 0 Å². The molecule has 1 saturated heterocycles. The van der Waals surface area contributed by atoms with Crippen molar-refractivity contribution in [3.05, 3.63) is 23.4 Å². The van der Waals surface area contributed by atoms with E-state index in [9.17, 15) is 9.18 Å². The second-order valence-corrected chi connectivity index (χ2v) is 8.81. The third-order valence-electron chi connectivity index (χ3n) is 5.52. The van der Waals surface area contributed by atoms with Gasteiger partial charge in [-0.2, -0.15) is 11.8 Å².